The molecule has 1 unspecified atom stereocenters. The van der Waals surface area contributed by atoms with Crippen molar-refractivity contribution in [3.05, 3.63) is 133 Å². The summed E-state index contributed by atoms with van der Waals surface area (Å²) in [4.78, 5) is 0. The molecule has 2 nitrogen and oxygen atoms in total. The van der Waals surface area contributed by atoms with Gasteiger partial charge in [-0.15, -0.1) is 0 Å². The van der Waals surface area contributed by atoms with Crippen LogP contribution >= 0.6 is 16.1 Å². The minimum Gasteiger partial charge on any atom is -0.455 e. The van der Waals surface area contributed by atoms with Gasteiger partial charge in [0, 0.05) is 38.8 Å². The van der Waals surface area contributed by atoms with E-state index in [0.29, 0.717) is 0 Å². The van der Waals surface area contributed by atoms with Crippen LogP contribution in [0.1, 0.15) is 19.8 Å². The maximum absolute atomic E-state index is 6.63. The molecule has 0 saturated heterocycles. The Morgan fingerprint density at radius 2 is 1.08 bits per heavy atom. The zero-order chi connectivity index (χ0) is 25.7. The molecule has 1 atom stereocenters. The van der Waals surface area contributed by atoms with Crippen LogP contribution in [0.2, 0.25) is 0 Å². The van der Waals surface area contributed by atoms with Crippen LogP contribution in [0.25, 0.3) is 21.9 Å². The Bertz CT molecular complexity index is 1580. The fourth-order valence-electron chi connectivity index (χ4n) is 5.01. The van der Waals surface area contributed by atoms with Crippen LogP contribution in [0.4, 0.5) is 0 Å². The second kappa shape index (κ2) is 11.6. The highest BCUT2D eigenvalue weighted by Crippen LogP contribution is 2.55. The highest BCUT2D eigenvalue weighted by atomic mass is 31.2. The van der Waals surface area contributed by atoms with Crippen molar-refractivity contribution in [2.24, 2.45) is 0 Å². The normalized spacial score (nSPS) is 12.5. The van der Waals surface area contributed by atoms with Crippen molar-refractivity contribution in [3.63, 3.8) is 0 Å². The summed E-state index contributed by atoms with van der Waals surface area (Å²) >= 11 is 0. The lowest BCUT2D eigenvalue weighted by Gasteiger charge is -2.39. The summed E-state index contributed by atoms with van der Waals surface area (Å²) in [6.45, 7) is 3.30. The second-order valence-corrected chi connectivity index (χ2v) is 13.9. The Labute approximate surface area is 227 Å². The summed E-state index contributed by atoms with van der Waals surface area (Å²) in [6.07, 6.45) is 2.29. The Kier molecular flexibility index (Phi) is 7.66. The van der Waals surface area contributed by atoms with Gasteiger partial charge in [-0.3, -0.25) is 0 Å². The summed E-state index contributed by atoms with van der Waals surface area (Å²) in [5, 5.41) is 7.78. The topological polar surface area (TPSA) is 16.4 Å². The maximum Gasteiger partial charge on any atom is 0.144 e. The molecule has 0 spiro atoms. The molecule has 0 radical (unpaired) electrons. The second-order valence-electron chi connectivity index (χ2n) is 9.33. The quantitative estimate of drug-likeness (QED) is 0.175. The summed E-state index contributed by atoms with van der Waals surface area (Å²) < 4.78 is 9.44. The first-order valence-electron chi connectivity index (χ1n) is 13.3. The zero-order valence-electron chi connectivity index (χ0n) is 21.6. The Morgan fingerprint density at radius 1 is 0.553 bits per heavy atom. The van der Waals surface area contributed by atoms with E-state index in [9.17, 15) is 0 Å². The van der Waals surface area contributed by atoms with Gasteiger partial charge in [-0.1, -0.05) is 135 Å². The Hall–Kier alpha value is -3.28. The van der Waals surface area contributed by atoms with E-state index in [1.807, 2.05) is 0 Å². The maximum atomic E-state index is 6.63. The minimum atomic E-state index is -0.881. The molecule has 4 heteroatoms. The molecule has 6 aromatic rings. The third-order valence-electron chi connectivity index (χ3n) is 6.79. The number of para-hydroxylation sites is 2. The SMILES string of the molecule is CCCCN(P(c1ccccc1)c1ccccc1)P(c1ccccc1)c1cccc2c1oc1ccccc12. The van der Waals surface area contributed by atoms with Crippen molar-refractivity contribution in [2.45, 2.75) is 19.8 Å². The van der Waals surface area contributed by atoms with Crippen molar-refractivity contribution in [1.29, 1.82) is 0 Å². The number of benzene rings is 5. The molecule has 6 rings (SSSR count). The van der Waals surface area contributed by atoms with Crippen molar-refractivity contribution in [3.8, 4) is 0 Å². The summed E-state index contributed by atoms with van der Waals surface area (Å²) in [5.74, 6) is 0. The van der Waals surface area contributed by atoms with Gasteiger partial charge in [0.25, 0.3) is 0 Å². The minimum absolute atomic E-state index is 0.771. The molecule has 5 aromatic carbocycles. The first-order valence-corrected chi connectivity index (χ1v) is 15.9. The summed E-state index contributed by atoms with van der Waals surface area (Å²) in [6, 6.07) is 48.4. The summed E-state index contributed by atoms with van der Waals surface area (Å²) in [5.41, 5.74) is 1.97. The predicted molar refractivity (Wildman–Crippen MR) is 167 cm³/mol. The molecule has 1 aromatic heterocycles. The van der Waals surface area contributed by atoms with Gasteiger partial charge in [-0.25, -0.2) is 4.44 Å². The van der Waals surface area contributed by atoms with Crippen molar-refractivity contribution in [1.82, 2.24) is 4.44 Å². The molecule has 38 heavy (non-hydrogen) atoms. The molecule has 1 heterocycles. The molecule has 0 amide bonds. The van der Waals surface area contributed by atoms with E-state index in [2.05, 4.69) is 145 Å². The molecule has 0 N–H and O–H groups in total. The number of hydrogen-bond donors (Lipinski definition) is 0. The highest BCUT2D eigenvalue weighted by Gasteiger charge is 2.33. The summed E-state index contributed by atoms with van der Waals surface area (Å²) in [7, 11) is -1.65. The molecule has 188 valence electrons. The van der Waals surface area contributed by atoms with E-state index in [0.717, 1.165) is 30.6 Å². The third kappa shape index (κ3) is 4.93. The van der Waals surface area contributed by atoms with Crippen LogP contribution in [-0.2, 0) is 0 Å². The van der Waals surface area contributed by atoms with Gasteiger partial charge in [0.05, 0.1) is 0 Å². The van der Waals surface area contributed by atoms with E-state index in [4.69, 9.17) is 4.42 Å². The Morgan fingerprint density at radius 3 is 1.68 bits per heavy atom. The smallest absolute Gasteiger partial charge is 0.144 e. The predicted octanol–water partition coefficient (Wildman–Crippen LogP) is 8.08. The first kappa shape index (κ1) is 25.0. The molecular formula is C34H31NOP2. The molecule has 0 aliphatic rings. The fourth-order valence-corrected chi connectivity index (χ4v) is 11.2. The van der Waals surface area contributed by atoms with Gasteiger partial charge < -0.3 is 4.42 Å². The van der Waals surface area contributed by atoms with Crippen LogP contribution in [0.5, 0.6) is 0 Å². The van der Waals surface area contributed by atoms with E-state index in [1.54, 1.807) is 0 Å². The first-order chi connectivity index (χ1) is 18.8. The van der Waals surface area contributed by atoms with Gasteiger partial charge in [-0.2, -0.15) is 0 Å². The third-order valence-corrected chi connectivity index (χ3v) is 12.4. The zero-order valence-corrected chi connectivity index (χ0v) is 23.4. The van der Waals surface area contributed by atoms with E-state index >= 15 is 0 Å². The number of nitrogens with zero attached hydrogens (tertiary/aromatic N) is 1. The van der Waals surface area contributed by atoms with Crippen LogP contribution in [0, 0.1) is 0 Å². The molecule has 0 bridgehead atoms. The van der Waals surface area contributed by atoms with E-state index in [1.165, 1.54) is 32.0 Å². The molecule has 0 aliphatic heterocycles. The lowest BCUT2D eigenvalue weighted by Crippen LogP contribution is -2.32. The van der Waals surface area contributed by atoms with Crippen molar-refractivity contribution >= 4 is 59.3 Å². The lowest BCUT2D eigenvalue weighted by molar-refractivity contribution is 0.645. The van der Waals surface area contributed by atoms with Crippen LogP contribution in [0.3, 0.4) is 0 Å². The van der Waals surface area contributed by atoms with E-state index < -0.39 is 16.1 Å². The van der Waals surface area contributed by atoms with Gasteiger partial charge in [-0.05, 0) is 34.5 Å². The fraction of sp³-hybridized carbons (Fsp3) is 0.118. The average molecular weight is 532 g/mol. The van der Waals surface area contributed by atoms with Gasteiger partial charge >= 0.3 is 0 Å². The average Bonchev–Trinajstić information content (AvgIpc) is 3.37. The van der Waals surface area contributed by atoms with Gasteiger partial charge in [0.1, 0.15) is 11.2 Å². The van der Waals surface area contributed by atoms with Crippen LogP contribution in [-0.4, -0.2) is 11.0 Å². The lowest BCUT2D eigenvalue weighted by atomic mass is 10.1. The van der Waals surface area contributed by atoms with Gasteiger partial charge in [0.2, 0.25) is 0 Å². The highest BCUT2D eigenvalue weighted by molar-refractivity contribution is 7.84. The number of hydrogen-bond acceptors (Lipinski definition) is 2. The molecule has 0 fully saturated rings. The standard InChI is InChI=1S/C34H31NOP2/c1-2-3-26-35(37(27-16-7-4-8-17-27)28-18-9-5-10-19-28)38(29-20-11-6-12-21-29)33-25-15-23-31-30-22-13-14-24-32(30)36-34(31)33/h4-25H,2-3,26H2,1H3. The molecule has 0 saturated carbocycles. The largest absolute Gasteiger partial charge is 0.455 e. The van der Waals surface area contributed by atoms with Crippen molar-refractivity contribution < 1.29 is 4.42 Å². The number of furan rings is 1. The van der Waals surface area contributed by atoms with Crippen LogP contribution in [0.15, 0.2) is 138 Å². The van der Waals surface area contributed by atoms with Gasteiger partial charge in [0.15, 0.2) is 0 Å². The number of fused-ring (bicyclic) bond motifs is 3. The van der Waals surface area contributed by atoms with Crippen molar-refractivity contribution in [2.75, 3.05) is 6.54 Å². The van der Waals surface area contributed by atoms with Crippen LogP contribution < -0.4 is 21.2 Å². The molecule has 0 aliphatic carbocycles. The number of unbranched alkanes of at least 4 members (excludes halogenated alkanes) is 1. The molecular weight excluding hydrogens is 500 g/mol. The number of rotatable bonds is 9. The van der Waals surface area contributed by atoms with E-state index in [-0.39, 0.29) is 0 Å². The Balaban J connectivity index is 1.62. The monoisotopic (exact) mass is 531 g/mol.